The van der Waals surface area contributed by atoms with E-state index in [0.29, 0.717) is 11.7 Å². The van der Waals surface area contributed by atoms with Crippen molar-refractivity contribution in [2.24, 2.45) is 5.92 Å². The van der Waals surface area contributed by atoms with Crippen molar-refractivity contribution in [3.05, 3.63) is 71.3 Å². The summed E-state index contributed by atoms with van der Waals surface area (Å²) in [5.74, 6) is 1.00. The standard InChI is InChI=1S/C24H27N3O2/c1-26-12-14-27(15-13-26)24(29)20-10-5-9-18-16-7-4-8-17(16)22(25-23(18)20)19-6-2-3-11-21(19)28/h2-7,9-11,16-17,22,25,28H,8,12-15H2,1H3. The summed E-state index contributed by atoms with van der Waals surface area (Å²) in [6.45, 7) is 3.33. The van der Waals surface area contributed by atoms with Crippen LogP contribution in [-0.2, 0) is 0 Å². The first-order valence-electron chi connectivity index (χ1n) is 10.5. The third kappa shape index (κ3) is 3.10. The second-order valence-electron chi connectivity index (χ2n) is 8.40. The summed E-state index contributed by atoms with van der Waals surface area (Å²) >= 11 is 0. The SMILES string of the molecule is CN1CCN(C(=O)c2cccc3c2NC(c2ccccc2O)C2CC=CC32)CC1. The number of hydrogen-bond donors (Lipinski definition) is 2. The highest BCUT2D eigenvalue weighted by Gasteiger charge is 2.40. The number of nitrogens with one attached hydrogen (secondary N) is 1. The van der Waals surface area contributed by atoms with Gasteiger partial charge in [-0.3, -0.25) is 4.79 Å². The van der Waals surface area contributed by atoms with Crippen LogP contribution in [0.2, 0.25) is 0 Å². The van der Waals surface area contributed by atoms with E-state index in [4.69, 9.17) is 0 Å². The molecule has 5 heteroatoms. The lowest BCUT2D eigenvalue weighted by atomic mass is 9.76. The first-order valence-corrected chi connectivity index (χ1v) is 10.5. The van der Waals surface area contributed by atoms with E-state index >= 15 is 0 Å². The Bertz CT molecular complexity index is 962. The number of hydrogen-bond acceptors (Lipinski definition) is 4. The summed E-state index contributed by atoms with van der Waals surface area (Å²) in [7, 11) is 2.09. The fourth-order valence-electron chi connectivity index (χ4n) is 5.04. The highest BCUT2D eigenvalue weighted by Crippen LogP contribution is 2.51. The van der Waals surface area contributed by atoms with Gasteiger partial charge < -0.3 is 20.2 Å². The largest absolute Gasteiger partial charge is 0.508 e. The minimum absolute atomic E-state index is 0.0230. The molecule has 0 spiro atoms. The lowest BCUT2D eigenvalue weighted by molar-refractivity contribution is 0.0664. The minimum Gasteiger partial charge on any atom is -0.508 e. The molecule has 3 aliphatic rings. The molecule has 2 N–H and O–H groups in total. The predicted octanol–water partition coefficient (Wildman–Crippen LogP) is 3.61. The molecule has 5 nitrogen and oxygen atoms in total. The van der Waals surface area contributed by atoms with Crippen LogP contribution in [0, 0.1) is 5.92 Å². The molecular formula is C24H27N3O2. The fraction of sp³-hybridized carbons (Fsp3) is 0.375. The lowest BCUT2D eigenvalue weighted by Crippen LogP contribution is -2.47. The number of phenols is 1. The normalized spacial score (nSPS) is 26.0. The number of likely N-dealkylation sites (N-methyl/N-ethyl adjacent to an activating group) is 1. The van der Waals surface area contributed by atoms with Gasteiger partial charge in [-0.05, 0) is 37.1 Å². The smallest absolute Gasteiger partial charge is 0.256 e. The molecule has 29 heavy (non-hydrogen) atoms. The van der Waals surface area contributed by atoms with Crippen molar-refractivity contribution in [3.8, 4) is 5.75 Å². The van der Waals surface area contributed by atoms with E-state index in [1.807, 2.05) is 35.2 Å². The monoisotopic (exact) mass is 389 g/mol. The highest BCUT2D eigenvalue weighted by molar-refractivity contribution is 6.01. The quantitative estimate of drug-likeness (QED) is 0.771. The van der Waals surface area contributed by atoms with Gasteiger partial charge in [0.05, 0.1) is 17.3 Å². The Kier molecular flexibility index (Phi) is 4.55. The zero-order valence-electron chi connectivity index (χ0n) is 16.7. The second-order valence-corrected chi connectivity index (χ2v) is 8.40. The van der Waals surface area contributed by atoms with E-state index < -0.39 is 0 Å². The number of phenolic OH excluding ortho intramolecular Hbond substituents is 1. The van der Waals surface area contributed by atoms with Crippen molar-refractivity contribution < 1.29 is 9.90 Å². The van der Waals surface area contributed by atoms with Gasteiger partial charge in [0, 0.05) is 37.7 Å². The molecule has 3 unspecified atom stereocenters. The number of benzene rings is 2. The molecule has 2 aliphatic heterocycles. The predicted molar refractivity (Wildman–Crippen MR) is 114 cm³/mol. The third-order valence-electron chi connectivity index (χ3n) is 6.69. The van der Waals surface area contributed by atoms with Crippen LogP contribution < -0.4 is 5.32 Å². The van der Waals surface area contributed by atoms with Gasteiger partial charge in [0.2, 0.25) is 0 Å². The molecule has 0 aromatic heterocycles. The Labute approximate surface area is 171 Å². The average molecular weight is 389 g/mol. The highest BCUT2D eigenvalue weighted by atomic mass is 16.3. The van der Waals surface area contributed by atoms with E-state index in [-0.39, 0.29) is 17.9 Å². The van der Waals surface area contributed by atoms with E-state index in [9.17, 15) is 9.90 Å². The van der Waals surface area contributed by atoms with Gasteiger partial charge in [0.15, 0.2) is 0 Å². The summed E-state index contributed by atoms with van der Waals surface area (Å²) in [5.41, 5.74) is 3.76. The molecule has 0 saturated carbocycles. The number of fused-ring (bicyclic) bond motifs is 3. The van der Waals surface area contributed by atoms with Crippen LogP contribution in [-0.4, -0.2) is 54.0 Å². The average Bonchev–Trinajstić information content (AvgIpc) is 3.24. The van der Waals surface area contributed by atoms with Crippen LogP contribution in [0.4, 0.5) is 5.69 Å². The molecular weight excluding hydrogens is 362 g/mol. The van der Waals surface area contributed by atoms with Gasteiger partial charge in [0.25, 0.3) is 5.91 Å². The number of para-hydroxylation sites is 2. The van der Waals surface area contributed by atoms with Gasteiger partial charge in [0.1, 0.15) is 5.75 Å². The number of nitrogens with zero attached hydrogens (tertiary/aromatic N) is 2. The van der Waals surface area contributed by atoms with Gasteiger partial charge in [-0.2, -0.15) is 0 Å². The Morgan fingerprint density at radius 3 is 2.59 bits per heavy atom. The molecule has 1 amide bonds. The van der Waals surface area contributed by atoms with Gasteiger partial charge in [-0.1, -0.05) is 42.5 Å². The van der Waals surface area contributed by atoms with Crippen molar-refractivity contribution in [3.63, 3.8) is 0 Å². The number of anilines is 1. The first kappa shape index (κ1) is 18.3. The van der Waals surface area contributed by atoms with Crippen LogP contribution in [0.5, 0.6) is 5.75 Å². The molecule has 2 heterocycles. The van der Waals surface area contributed by atoms with Crippen LogP contribution in [0.3, 0.4) is 0 Å². The summed E-state index contributed by atoms with van der Waals surface area (Å²) < 4.78 is 0. The Morgan fingerprint density at radius 1 is 1.03 bits per heavy atom. The second kappa shape index (κ2) is 7.23. The Balaban J connectivity index is 1.54. The summed E-state index contributed by atoms with van der Waals surface area (Å²) in [6, 6.07) is 13.6. The minimum atomic E-state index is -0.0230. The van der Waals surface area contributed by atoms with E-state index in [1.54, 1.807) is 6.07 Å². The maximum Gasteiger partial charge on any atom is 0.256 e. The topological polar surface area (TPSA) is 55.8 Å². The first-order chi connectivity index (χ1) is 14.1. The van der Waals surface area contributed by atoms with E-state index in [1.165, 1.54) is 5.56 Å². The maximum atomic E-state index is 13.4. The molecule has 3 atom stereocenters. The third-order valence-corrected chi connectivity index (χ3v) is 6.69. The Hall–Kier alpha value is -2.79. The molecule has 0 radical (unpaired) electrons. The zero-order chi connectivity index (χ0) is 20.0. The van der Waals surface area contributed by atoms with Crippen molar-refractivity contribution in [2.45, 2.75) is 18.4 Å². The summed E-state index contributed by atoms with van der Waals surface area (Å²) in [6.07, 6.45) is 5.46. The fourth-order valence-corrected chi connectivity index (χ4v) is 5.04. The molecule has 150 valence electrons. The van der Waals surface area contributed by atoms with Crippen LogP contribution in [0.25, 0.3) is 0 Å². The lowest BCUT2D eigenvalue weighted by Gasteiger charge is -2.39. The van der Waals surface area contributed by atoms with E-state index in [0.717, 1.165) is 49.4 Å². The van der Waals surface area contributed by atoms with Crippen molar-refractivity contribution in [1.29, 1.82) is 0 Å². The summed E-state index contributed by atoms with van der Waals surface area (Å²) in [5, 5.41) is 14.2. The number of amides is 1. The molecule has 1 fully saturated rings. The number of piperazine rings is 1. The van der Waals surface area contributed by atoms with Crippen molar-refractivity contribution in [2.75, 3.05) is 38.5 Å². The zero-order valence-corrected chi connectivity index (χ0v) is 16.7. The molecule has 5 rings (SSSR count). The molecule has 1 saturated heterocycles. The number of carbonyl (C=O) groups excluding carboxylic acids is 1. The summed E-state index contributed by atoms with van der Waals surface area (Å²) in [4.78, 5) is 17.6. The Morgan fingerprint density at radius 2 is 1.79 bits per heavy atom. The molecule has 0 bridgehead atoms. The maximum absolute atomic E-state index is 13.4. The number of aromatic hydroxyl groups is 1. The van der Waals surface area contributed by atoms with Crippen LogP contribution in [0.1, 0.15) is 39.9 Å². The van der Waals surface area contributed by atoms with Gasteiger partial charge in [-0.15, -0.1) is 0 Å². The van der Waals surface area contributed by atoms with Crippen LogP contribution >= 0.6 is 0 Å². The molecule has 1 aliphatic carbocycles. The van der Waals surface area contributed by atoms with E-state index in [2.05, 4.69) is 35.5 Å². The molecule has 2 aromatic carbocycles. The van der Waals surface area contributed by atoms with Crippen LogP contribution in [0.15, 0.2) is 54.6 Å². The number of carbonyl (C=O) groups is 1. The molecule has 2 aromatic rings. The number of allylic oxidation sites excluding steroid dienone is 2. The van der Waals surface area contributed by atoms with Crippen molar-refractivity contribution in [1.82, 2.24) is 9.80 Å². The van der Waals surface area contributed by atoms with Gasteiger partial charge >= 0.3 is 0 Å². The number of rotatable bonds is 2. The van der Waals surface area contributed by atoms with Gasteiger partial charge in [-0.25, -0.2) is 0 Å². The van der Waals surface area contributed by atoms with Crippen molar-refractivity contribution >= 4 is 11.6 Å².